The summed E-state index contributed by atoms with van der Waals surface area (Å²) in [6, 6.07) is 0. The van der Waals surface area contributed by atoms with Crippen LogP contribution in [0.4, 0.5) is 8.78 Å². The average Bonchev–Trinajstić information content (AvgIpc) is 2.64. The molecule has 0 spiro atoms. The third-order valence-corrected chi connectivity index (χ3v) is 3.25. The molecule has 1 aliphatic carbocycles. The van der Waals surface area contributed by atoms with Crippen molar-refractivity contribution in [3.8, 4) is 0 Å². The lowest BCUT2D eigenvalue weighted by molar-refractivity contribution is -0.0519. The standard InChI is InChI=1S/C8H11F2N3S/c9-8(10)3-1-7(11,2-4-8)6-5-14-13-12-6/h5H,1-4,11H2. The molecule has 0 unspecified atom stereocenters. The monoisotopic (exact) mass is 219 g/mol. The summed E-state index contributed by atoms with van der Waals surface area (Å²) in [5, 5.41) is 5.60. The zero-order valence-corrected chi connectivity index (χ0v) is 8.36. The van der Waals surface area contributed by atoms with Crippen molar-refractivity contribution in [2.75, 3.05) is 0 Å². The number of rotatable bonds is 1. The fourth-order valence-electron chi connectivity index (χ4n) is 1.70. The number of nitrogens with two attached hydrogens (primary N) is 1. The highest BCUT2D eigenvalue weighted by Crippen LogP contribution is 2.41. The van der Waals surface area contributed by atoms with Crippen molar-refractivity contribution < 1.29 is 8.78 Å². The number of halogens is 2. The molecular weight excluding hydrogens is 208 g/mol. The van der Waals surface area contributed by atoms with Gasteiger partial charge in [0.05, 0.1) is 11.2 Å². The minimum Gasteiger partial charge on any atom is -0.320 e. The summed E-state index contributed by atoms with van der Waals surface area (Å²) in [4.78, 5) is 0. The normalized spacial score (nSPS) is 24.8. The van der Waals surface area contributed by atoms with E-state index in [4.69, 9.17) is 5.73 Å². The Balaban J connectivity index is 2.13. The Kier molecular flexibility index (Phi) is 2.27. The summed E-state index contributed by atoms with van der Waals surface area (Å²) in [6.45, 7) is 0. The lowest BCUT2D eigenvalue weighted by Crippen LogP contribution is -2.43. The molecule has 1 fully saturated rings. The van der Waals surface area contributed by atoms with Gasteiger partial charge in [-0.05, 0) is 24.4 Å². The Hall–Kier alpha value is -0.620. The van der Waals surface area contributed by atoms with Crippen LogP contribution < -0.4 is 5.73 Å². The van der Waals surface area contributed by atoms with E-state index in [1.165, 1.54) is 11.5 Å². The number of hydrogen-bond donors (Lipinski definition) is 1. The molecule has 2 rings (SSSR count). The highest BCUT2D eigenvalue weighted by Gasteiger charge is 2.43. The lowest BCUT2D eigenvalue weighted by atomic mass is 9.79. The molecule has 6 heteroatoms. The molecule has 1 aliphatic rings. The van der Waals surface area contributed by atoms with Crippen LogP contribution in [0.15, 0.2) is 5.38 Å². The first kappa shape index (κ1) is 9.92. The van der Waals surface area contributed by atoms with Crippen molar-refractivity contribution in [3.63, 3.8) is 0 Å². The van der Waals surface area contributed by atoms with Gasteiger partial charge in [-0.1, -0.05) is 4.49 Å². The molecule has 0 saturated heterocycles. The second-order valence-electron chi connectivity index (χ2n) is 3.80. The quantitative estimate of drug-likeness (QED) is 0.784. The third-order valence-electron chi connectivity index (χ3n) is 2.74. The van der Waals surface area contributed by atoms with Gasteiger partial charge in [-0.2, -0.15) is 0 Å². The van der Waals surface area contributed by atoms with E-state index in [1.807, 2.05) is 0 Å². The molecule has 1 heterocycles. The first-order valence-electron chi connectivity index (χ1n) is 4.46. The van der Waals surface area contributed by atoms with Crippen molar-refractivity contribution in [1.82, 2.24) is 9.59 Å². The maximum atomic E-state index is 12.9. The molecule has 14 heavy (non-hydrogen) atoms. The maximum absolute atomic E-state index is 12.9. The molecule has 0 aliphatic heterocycles. The Bertz CT molecular complexity index is 302. The fraction of sp³-hybridized carbons (Fsp3) is 0.750. The van der Waals surface area contributed by atoms with E-state index in [9.17, 15) is 8.78 Å². The van der Waals surface area contributed by atoms with Crippen molar-refractivity contribution in [2.45, 2.75) is 37.1 Å². The van der Waals surface area contributed by atoms with Crippen LogP contribution in [-0.4, -0.2) is 15.5 Å². The van der Waals surface area contributed by atoms with E-state index in [2.05, 4.69) is 9.59 Å². The van der Waals surface area contributed by atoms with Gasteiger partial charge in [-0.15, -0.1) is 5.10 Å². The summed E-state index contributed by atoms with van der Waals surface area (Å²) in [7, 11) is 0. The molecule has 0 radical (unpaired) electrons. The van der Waals surface area contributed by atoms with E-state index in [1.54, 1.807) is 5.38 Å². The number of nitrogens with zero attached hydrogens (tertiary/aromatic N) is 2. The zero-order valence-electron chi connectivity index (χ0n) is 7.54. The Morgan fingerprint density at radius 2 is 1.93 bits per heavy atom. The molecule has 0 atom stereocenters. The van der Waals surface area contributed by atoms with Gasteiger partial charge in [-0.3, -0.25) is 0 Å². The highest BCUT2D eigenvalue weighted by molar-refractivity contribution is 7.03. The Morgan fingerprint density at radius 1 is 1.29 bits per heavy atom. The van der Waals surface area contributed by atoms with Crippen molar-refractivity contribution >= 4 is 11.5 Å². The summed E-state index contributed by atoms with van der Waals surface area (Å²) < 4.78 is 29.5. The van der Waals surface area contributed by atoms with Crippen LogP contribution in [0.5, 0.6) is 0 Å². The van der Waals surface area contributed by atoms with Gasteiger partial charge in [-0.25, -0.2) is 8.78 Å². The molecule has 1 aromatic heterocycles. The molecule has 0 amide bonds. The predicted octanol–water partition coefficient (Wildman–Crippen LogP) is 1.90. The van der Waals surface area contributed by atoms with Gasteiger partial charge in [0.15, 0.2) is 0 Å². The SMILES string of the molecule is NC1(c2csnn2)CCC(F)(F)CC1. The van der Waals surface area contributed by atoms with Crippen LogP contribution in [0.2, 0.25) is 0 Å². The van der Waals surface area contributed by atoms with Crippen molar-refractivity contribution in [1.29, 1.82) is 0 Å². The van der Waals surface area contributed by atoms with Gasteiger partial charge in [0.25, 0.3) is 0 Å². The summed E-state index contributed by atoms with van der Waals surface area (Å²) in [5.74, 6) is -2.55. The van der Waals surface area contributed by atoms with Crippen LogP contribution in [0, 0.1) is 0 Å². The van der Waals surface area contributed by atoms with Gasteiger partial charge >= 0.3 is 0 Å². The van der Waals surface area contributed by atoms with Gasteiger partial charge < -0.3 is 5.73 Å². The predicted molar refractivity (Wildman–Crippen MR) is 49.2 cm³/mol. The van der Waals surface area contributed by atoms with Crippen LogP contribution in [0.25, 0.3) is 0 Å². The second-order valence-corrected chi connectivity index (χ2v) is 4.41. The molecule has 78 valence electrons. The summed E-state index contributed by atoms with van der Waals surface area (Å²) in [6.07, 6.45) is 0.263. The van der Waals surface area contributed by atoms with E-state index >= 15 is 0 Å². The molecular formula is C8H11F2N3S. The Labute approximate surface area is 84.5 Å². The highest BCUT2D eigenvalue weighted by atomic mass is 32.1. The third kappa shape index (κ3) is 1.76. The molecule has 3 nitrogen and oxygen atoms in total. The van der Waals surface area contributed by atoms with E-state index < -0.39 is 11.5 Å². The van der Waals surface area contributed by atoms with Crippen molar-refractivity contribution in [3.05, 3.63) is 11.1 Å². The molecule has 0 aromatic carbocycles. The van der Waals surface area contributed by atoms with E-state index in [0.29, 0.717) is 5.69 Å². The number of hydrogen-bond acceptors (Lipinski definition) is 4. The molecule has 2 N–H and O–H groups in total. The fourth-order valence-corrected chi connectivity index (χ4v) is 2.26. The first-order chi connectivity index (χ1) is 6.52. The average molecular weight is 219 g/mol. The second kappa shape index (κ2) is 3.20. The smallest absolute Gasteiger partial charge is 0.248 e. The van der Waals surface area contributed by atoms with Crippen LogP contribution >= 0.6 is 11.5 Å². The lowest BCUT2D eigenvalue weighted by Gasteiger charge is -2.35. The maximum Gasteiger partial charge on any atom is 0.248 e. The number of aromatic nitrogens is 2. The minimum atomic E-state index is -2.55. The van der Waals surface area contributed by atoms with Crippen LogP contribution in [0.3, 0.4) is 0 Å². The topological polar surface area (TPSA) is 51.8 Å². The molecule has 1 saturated carbocycles. The minimum absolute atomic E-state index is 0.152. The Morgan fingerprint density at radius 3 is 2.43 bits per heavy atom. The molecule has 1 aromatic rings. The summed E-state index contributed by atoms with van der Waals surface area (Å²) >= 11 is 1.20. The van der Waals surface area contributed by atoms with Gasteiger partial charge in [0.2, 0.25) is 5.92 Å². The van der Waals surface area contributed by atoms with E-state index in [-0.39, 0.29) is 25.7 Å². The largest absolute Gasteiger partial charge is 0.320 e. The van der Waals surface area contributed by atoms with Gasteiger partial charge in [0.1, 0.15) is 0 Å². The first-order valence-corrected chi connectivity index (χ1v) is 5.30. The van der Waals surface area contributed by atoms with Crippen LogP contribution in [0.1, 0.15) is 31.4 Å². The summed E-state index contributed by atoms with van der Waals surface area (Å²) in [5.41, 5.74) is 5.98. The van der Waals surface area contributed by atoms with Crippen LogP contribution in [-0.2, 0) is 5.54 Å². The van der Waals surface area contributed by atoms with Gasteiger partial charge in [0, 0.05) is 18.2 Å². The number of alkyl halides is 2. The zero-order chi connectivity index (χ0) is 10.2. The van der Waals surface area contributed by atoms with Crippen molar-refractivity contribution in [2.24, 2.45) is 5.73 Å². The molecule has 0 bridgehead atoms. The van der Waals surface area contributed by atoms with E-state index in [0.717, 1.165) is 0 Å².